The van der Waals surface area contributed by atoms with Gasteiger partial charge in [0.2, 0.25) is 0 Å². The van der Waals surface area contributed by atoms with E-state index in [1.165, 1.54) is 16.7 Å². The lowest BCUT2D eigenvalue weighted by atomic mass is 9.89. The first-order chi connectivity index (χ1) is 7.81. The summed E-state index contributed by atoms with van der Waals surface area (Å²) < 4.78 is 0. The minimum Gasteiger partial charge on any atom is -0.391 e. The Morgan fingerprint density at radius 1 is 1.44 bits per heavy atom. The van der Waals surface area contributed by atoms with Crippen LogP contribution in [0.15, 0.2) is 36.0 Å². The van der Waals surface area contributed by atoms with Gasteiger partial charge in [-0.1, -0.05) is 41.6 Å². The first kappa shape index (κ1) is 10.9. The van der Waals surface area contributed by atoms with Crippen LogP contribution in [0.25, 0.3) is 0 Å². The number of hydrogen-bond donors (Lipinski definition) is 0. The van der Waals surface area contributed by atoms with Crippen LogP contribution in [0.1, 0.15) is 29.5 Å². The molecule has 2 nitrogen and oxygen atoms in total. The lowest BCUT2D eigenvalue weighted by Gasteiger charge is -2.17. The van der Waals surface area contributed by atoms with Gasteiger partial charge in [-0.05, 0) is 31.7 Å². The third-order valence-electron chi connectivity index (χ3n) is 2.80. The second-order valence-corrected chi connectivity index (χ2v) is 4.14. The SMILES string of the molecule is C=CCO/N=C1\CCCc2cc(C)ccc21. The molecule has 0 heterocycles. The molecule has 0 aromatic heterocycles. The maximum Gasteiger partial charge on any atom is 0.135 e. The van der Waals surface area contributed by atoms with E-state index in [0.717, 1.165) is 25.0 Å². The Morgan fingerprint density at radius 3 is 3.12 bits per heavy atom. The van der Waals surface area contributed by atoms with Gasteiger partial charge in [0.15, 0.2) is 0 Å². The number of benzene rings is 1. The fraction of sp³-hybridized carbons (Fsp3) is 0.357. The van der Waals surface area contributed by atoms with E-state index >= 15 is 0 Å². The summed E-state index contributed by atoms with van der Waals surface area (Å²) in [7, 11) is 0. The van der Waals surface area contributed by atoms with Crippen molar-refractivity contribution >= 4 is 5.71 Å². The highest BCUT2D eigenvalue weighted by atomic mass is 16.6. The van der Waals surface area contributed by atoms with Crippen LogP contribution in [0.2, 0.25) is 0 Å². The average Bonchev–Trinajstić information content (AvgIpc) is 2.29. The molecular weight excluding hydrogens is 198 g/mol. The number of nitrogens with zero attached hydrogens (tertiary/aromatic N) is 1. The van der Waals surface area contributed by atoms with Crippen molar-refractivity contribution in [1.29, 1.82) is 0 Å². The van der Waals surface area contributed by atoms with Gasteiger partial charge in [-0.2, -0.15) is 0 Å². The van der Waals surface area contributed by atoms with Gasteiger partial charge >= 0.3 is 0 Å². The van der Waals surface area contributed by atoms with Crippen LogP contribution in [-0.2, 0) is 11.3 Å². The lowest BCUT2D eigenvalue weighted by molar-refractivity contribution is 0.174. The summed E-state index contributed by atoms with van der Waals surface area (Å²) in [5.74, 6) is 0. The third-order valence-corrected chi connectivity index (χ3v) is 2.80. The fourth-order valence-electron chi connectivity index (χ4n) is 2.05. The second kappa shape index (κ2) is 4.97. The summed E-state index contributed by atoms with van der Waals surface area (Å²) in [6.07, 6.45) is 5.03. The third kappa shape index (κ3) is 2.32. The Labute approximate surface area is 96.6 Å². The highest BCUT2D eigenvalue weighted by Gasteiger charge is 2.15. The molecule has 2 heteroatoms. The lowest BCUT2D eigenvalue weighted by Crippen LogP contribution is -2.12. The van der Waals surface area contributed by atoms with Crippen molar-refractivity contribution in [3.8, 4) is 0 Å². The van der Waals surface area contributed by atoms with Gasteiger partial charge in [0.25, 0.3) is 0 Å². The molecule has 0 saturated heterocycles. The van der Waals surface area contributed by atoms with E-state index in [9.17, 15) is 0 Å². The van der Waals surface area contributed by atoms with E-state index in [1.54, 1.807) is 6.08 Å². The molecular formula is C14H17NO. The van der Waals surface area contributed by atoms with Crippen LogP contribution in [0, 0.1) is 6.92 Å². The molecule has 1 aromatic carbocycles. The predicted molar refractivity (Wildman–Crippen MR) is 66.8 cm³/mol. The van der Waals surface area contributed by atoms with Crippen molar-refractivity contribution in [2.75, 3.05) is 6.61 Å². The summed E-state index contributed by atoms with van der Waals surface area (Å²) >= 11 is 0. The Morgan fingerprint density at radius 2 is 2.31 bits per heavy atom. The van der Waals surface area contributed by atoms with Crippen molar-refractivity contribution < 1.29 is 4.84 Å². The molecule has 0 radical (unpaired) electrons. The Kier molecular flexibility index (Phi) is 3.40. The van der Waals surface area contributed by atoms with E-state index in [1.807, 2.05) is 0 Å². The van der Waals surface area contributed by atoms with E-state index < -0.39 is 0 Å². The maximum atomic E-state index is 5.18. The monoisotopic (exact) mass is 215 g/mol. The minimum absolute atomic E-state index is 0.477. The summed E-state index contributed by atoms with van der Waals surface area (Å²) in [5.41, 5.74) is 5.03. The quantitative estimate of drug-likeness (QED) is 0.431. The van der Waals surface area contributed by atoms with Crippen LogP contribution in [-0.4, -0.2) is 12.3 Å². The second-order valence-electron chi connectivity index (χ2n) is 4.14. The molecule has 84 valence electrons. The highest BCUT2D eigenvalue weighted by molar-refractivity contribution is 6.02. The zero-order chi connectivity index (χ0) is 11.4. The van der Waals surface area contributed by atoms with Gasteiger partial charge in [-0.3, -0.25) is 0 Å². The molecule has 1 aromatic rings. The Hall–Kier alpha value is -1.57. The van der Waals surface area contributed by atoms with Crippen molar-refractivity contribution in [3.63, 3.8) is 0 Å². The molecule has 0 fully saturated rings. The molecule has 2 rings (SSSR count). The topological polar surface area (TPSA) is 21.6 Å². The summed E-state index contributed by atoms with van der Waals surface area (Å²) in [5, 5.41) is 4.19. The van der Waals surface area contributed by atoms with E-state index in [2.05, 4.69) is 36.9 Å². The van der Waals surface area contributed by atoms with Gasteiger partial charge in [0.1, 0.15) is 6.61 Å². The van der Waals surface area contributed by atoms with Gasteiger partial charge < -0.3 is 4.84 Å². The number of fused-ring (bicyclic) bond motifs is 1. The van der Waals surface area contributed by atoms with Gasteiger partial charge in [-0.15, -0.1) is 0 Å². The van der Waals surface area contributed by atoms with Crippen molar-refractivity contribution in [2.24, 2.45) is 5.16 Å². The minimum atomic E-state index is 0.477. The van der Waals surface area contributed by atoms with Crippen LogP contribution >= 0.6 is 0 Å². The van der Waals surface area contributed by atoms with Crippen LogP contribution in [0.3, 0.4) is 0 Å². The van der Waals surface area contributed by atoms with Crippen LogP contribution in [0.5, 0.6) is 0 Å². The number of hydrogen-bond acceptors (Lipinski definition) is 2. The zero-order valence-corrected chi connectivity index (χ0v) is 9.70. The van der Waals surface area contributed by atoms with E-state index in [4.69, 9.17) is 4.84 Å². The summed E-state index contributed by atoms with van der Waals surface area (Å²) in [6.45, 7) is 6.21. The summed E-state index contributed by atoms with van der Waals surface area (Å²) in [6, 6.07) is 6.53. The normalized spacial score (nSPS) is 16.9. The molecule has 0 unspecified atom stereocenters. The number of aryl methyl sites for hydroxylation is 2. The summed E-state index contributed by atoms with van der Waals surface area (Å²) in [4.78, 5) is 5.18. The maximum absolute atomic E-state index is 5.18. The smallest absolute Gasteiger partial charge is 0.135 e. The highest BCUT2D eigenvalue weighted by Crippen LogP contribution is 2.22. The zero-order valence-electron chi connectivity index (χ0n) is 9.70. The van der Waals surface area contributed by atoms with Crippen molar-refractivity contribution in [1.82, 2.24) is 0 Å². The molecule has 0 spiro atoms. The Balaban J connectivity index is 2.25. The van der Waals surface area contributed by atoms with Crippen molar-refractivity contribution in [2.45, 2.75) is 26.2 Å². The average molecular weight is 215 g/mol. The molecule has 0 bridgehead atoms. The molecule has 0 aliphatic heterocycles. The molecule has 1 aliphatic rings. The molecule has 1 aliphatic carbocycles. The van der Waals surface area contributed by atoms with Crippen molar-refractivity contribution in [3.05, 3.63) is 47.5 Å². The van der Waals surface area contributed by atoms with E-state index in [0.29, 0.717) is 6.61 Å². The molecule has 0 atom stereocenters. The van der Waals surface area contributed by atoms with Gasteiger partial charge in [-0.25, -0.2) is 0 Å². The fourth-order valence-corrected chi connectivity index (χ4v) is 2.05. The molecule has 0 saturated carbocycles. The number of rotatable bonds is 3. The Bertz CT molecular complexity index is 421. The molecule has 0 N–H and O–H groups in total. The van der Waals surface area contributed by atoms with Crippen LogP contribution < -0.4 is 0 Å². The largest absolute Gasteiger partial charge is 0.391 e. The van der Waals surface area contributed by atoms with Gasteiger partial charge in [0, 0.05) is 5.56 Å². The number of oxime groups is 1. The van der Waals surface area contributed by atoms with Crippen LogP contribution in [0.4, 0.5) is 0 Å². The van der Waals surface area contributed by atoms with E-state index in [-0.39, 0.29) is 0 Å². The standard InChI is InChI=1S/C14H17NO/c1-3-9-16-15-14-6-4-5-12-10-11(2)7-8-13(12)14/h3,7-8,10H,1,4-6,9H2,2H3/b15-14+. The molecule has 0 amide bonds. The predicted octanol–water partition coefficient (Wildman–Crippen LogP) is 3.24. The molecule has 16 heavy (non-hydrogen) atoms. The van der Waals surface area contributed by atoms with Gasteiger partial charge in [0.05, 0.1) is 5.71 Å². The first-order valence-electron chi connectivity index (χ1n) is 5.71. The first-order valence-corrected chi connectivity index (χ1v) is 5.71.